The lowest BCUT2D eigenvalue weighted by Gasteiger charge is -1.98. The highest BCUT2D eigenvalue weighted by molar-refractivity contribution is 7.98. The normalized spacial score (nSPS) is 10.4. The molecule has 2 heterocycles. The van der Waals surface area contributed by atoms with Crippen LogP contribution in [0.15, 0.2) is 29.3 Å². The summed E-state index contributed by atoms with van der Waals surface area (Å²) < 4.78 is 1.95. The molecule has 70 valence electrons. The first-order valence-corrected chi connectivity index (χ1v) is 5.55. The van der Waals surface area contributed by atoms with Gasteiger partial charge in [0.1, 0.15) is 11.8 Å². The van der Waals surface area contributed by atoms with Gasteiger partial charge in [0.25, 0.3) is 0 Å². The van der Waals surface area contributed by atoms with Crippen LogP contribution in [0.25, 0.3) is 5.52 Å². The summed E-state index contributed by atoms with van der Waals surface area (Å²) in [5.41, 5.74) is 3.05. The summed E-state index contributed by atoms with van der Waals surface area (Å²) in [7, 11) is 0. The summed E-state index contributed by atoms with van der Waals surface area (Å²) in [4.78, 5) is 1.04. The molecule has 0 radical (unpaired) electrons. The standard InChI is InChI=1S/C11H10N2S/c1-8-4-3-5-13-9(8)6-11(14-2)10(13)7-12/h3-6H,1-2H3. The number of hydrogen-bond donors (Lipinski definition) is 0. The molecule has 3 heteroatoms. The Hall–Kier alpha value is -1.40. The van der Waals surface area contributed by atoms with E-state index in [2.05, 4.69) is 25.1 Å². The van der Waals surface area contributed by atoms with Crippen LogP contribution >= 0.6 is 11.8 Å². The molecule has 0 aliphatic rings. The van der Waals surface area contributed by atoms with Crippen LogP contribution in [0.3, 0.4) is 0 Å². The van der Waals surface area contributed by atoms with Crippen LogP contribution < -0.4 is 0 Å². The van der Waals surface area contributed by atoms with E-state index in [1.807, 2.05) is 22.9 Å². The van der Waals surface area contributed by atoms with E-state index in [1.165, 1.54) is 5.56 Å². The van der Waals surface area contributed by atoms with Crippen molar-refractivity contribution in [1.29, 1.82) is 5.26 Å². The molecule has 2 nitrogen and oxygen atoms in total. The molecule has 0 aromatic carbocycles. The first-order chi connectivity index (χ1) is 6.77. The minimum absolute atomic E-state index is 0.733. The quantitative estimate of drug-likeness (QED) is 0.665. The Labute approximate surface area is 87.2 Å². The predicted molar refractivity (Wildman–Crippen MR) is 58.6 cm³/mol. The maximum atomic E-state index is 9.04. The number of nitrogens with zero attached hydrogens (tertiary/aromatic N) is 2. The smallest absolute Gasteiger partial charge is 0.138 e. The van der Waals surface area contributed by atoms with Gasteiger partial charge in [-0.1, -0.05) is 6.07 Å². The van der Waals surface area contributed by atoms with Gasteiger partial charge in [0.05, 0.1) is 5.52 Å². The van der Waals surface area contributed by atoms with Crippen LogP contribution in [0, 0.1) is 18.3 Å². The van der Waals surface area contributed by atoms with Gasteiger partial charge in [-0.05, 0) is 30.9 Å². The summed E-state index contributed by atoms with van der Waals surface area (Å²) in [5, 5.41) is 9.04. The molecular weight excluding hydrogens is 192 g/mol. The van der Waals surface area contributed by atoms with Crippen molar-refractivity contribution in [2.24, 2.45) is 0 Å². The van der Waals surface area contributed by atoms with Crippen molar-refractivity contribution in [2.75, 3.05) is 6.26 Å². The lowest BCUT2D eigenvalue weighted by atomic mass is 10.2. The van der Waals surface area contributed by atoms with E-state index in [1.54, 1.807) is 11.8 Å². The summed E-state index contributed by atoms with van der Waals surface area (Å²) in [6.07, 6.45) is 3.92. The molecule has 0 bridgehead atoms. The van der Waals surface area contributed by atoms with Gasteiger partial charge in [-0.25, -0.2) is 0 Å². The van der Waals surface area contributed by atoms with E-state index in [9.17, 15) is 0 Å². The van der Waals surface area contributed by atoms with Crippen LogP contribution in [0.2, 0.25) is 0 Å². The fraction of sp³-hybridized carbons (Fsp3) is 0.182. The Bertz CT molecular complexity index is 520. The van der Waals surface area contributed by atoms with Crippen LogP contribution in [-0.4, -0.2) is 10.7 Å². The van der Waals surface area contributed by atoms with E-state index in [4.69, 9.17) is 5.26 Å². The summed E-state index contributed by atoms with van der Waals surface area (Å²) in [6.45, 7) is 2.06. The minimum atomic E-state index is 0.733. The second kappa shape index (κ2) is 3.39. The average Bonchev–Trinajstić information content (AvgIpc) is 2.57. The van der Waals surface area contributed by atoms with Gasteiger partial charge >= 0.3 is 0 Å². The second-order valence-corrected chi connectivity index (χ2v) is 3.97. The fourth-order valence-corrected chi connectivity index (χ4v) is 2.15. The van der Waals surface area contributed by atoms with Gasteiger partial charge in [-0.15, -0.1) is 11.8 Å². The molecular formula is C11H10N2S. The van der Waals surface area contributed by atoms with Crippen molar-refractivity contribution in [1.82, 2.24) is 4.40 Å². The Morgan fingerprint density at radius 1 is 1.50 bits per heavy atom. The van der Waals surface area contributed by atoms with Gasteiger partial charge in [0, 0.05) is 11.1 Å². The van der Waals surface area contributed by atoms with Crippen LogP contribution in [0.1, 0.15) is 11.3 Å². The summed E-state index contributed by atoms with van der Waals surface area (Å²) >= 11 is 1.61. The topological polar surface area (TPSA) is 28.2 Å². The molecule has 0 spiro atoms. The number of thioether (sulfide) groups is 1. The van der Waals surface area contributed by atoms with Crippen LogP contribution in [0.4, 0.5) is 0 Å². The molecule has 0 saturated heterocycles. The molecule has 0 amide bonds. The second-order valence-electron chi connectivity index (χ2n) is 3.12. The van der Waals surface area contributed by atoms with Crippen molar-refractivity contribution in [3.8, 4) is 6.07 Å². The van der Waals surface area contributed by atoms with Gasteiger partial charge in [-0.2, -0.15) is 5.26 Å². The first-order valence-electron chi connectivity index (χ1n) is 4.32. The van der Waals surface area contributed by atoms with Gasteiger partial charge in [-0.3, -0.25) is 0 Å². The van der Waals surface area contributed by atoms with E-state index in [0.29, 0.717) is 0 Å². The number of aromatic nitrogens is 1. The first kappa shape index (κ1) is 9.17. The third-order valence-electron chi connectivity index (χ3n) is 2.31. The van der Waals surface area contributed by atoms with Crippen molar-refractivity contribution >= 4 is 17.3 Å². The molecule has 2 aromatic rings. The largest absolute Gasteiger partial charge is 0.307 e. The van der Waals surface area contributed by atoms with Crippen molar-refractivity contribution in [3.05, 3.63) is 35.7 Å². The van der Waals surface area contributed by atoms with Gasteiger partial charge in [0.2, 0.25) is 0 Å². The molecule has 0 saturated carbocycles. The molecule has 0 N–H and O–H groups in total. The summed E-state index contributed by atoms with van der Waals surface area (Å²) in [6, 6.07) is 8.33. The van der Waals surface area contributed by atoms with Crippen LogP contribution in [-0.2, 0) is 0 Å². The third kappa shape index (κ3) is 1.19. The molecule has 0 fully saturated rings. The highest BCUT2D eigenvalue weighted by Crippen LogP contribution is 2.25. The van der Waals surface area contributed by atoms with E-state index >= 15 is 0 Å². The van der Waals surface area contributed by atoms with Gasteiger partial charge in [0.15, 0.2) is 0 Å². The maximum absolute atomic E-state index is 9.04. The molecule has 0 unspecified atom stereocenters. The number of pyridine rings is 1. The average molecular weight is 202 g/mol. The zero-order valence-corrected chi connectivity index (χ0v) is 8.93. The maximum Gasteiger partial charge on any atom is 0.138 e. The third-order valence-corrected chi connectivity index (χ3v) is 3.06. The monoisotopic (exact) mass is 202 g/mol. The Morgan fingerprint density at radius 2 is 2.29 bits per heavy atom. The molecule has 0 aliphatic carbocycles. The molecule has 0 atom stereocenters. The zero-order chi connectivity index (χ0) is 10.1. The lowest BCUT2D eigenvalue weighted by Crippen LogP contribution is -1.88. The zero-order valence-electron chi connectivity index (χ0n) is 8.11. The predicted octanol–water partition coefficient (Wildman–Crippen LogP) is 2.84. The van der Waals surface area contributed by atoms with Crippen molar-refractivity contribution in [3.63, 3.8) is 0 Å². The van der Waals surface area contributed by atoms with Crippen molar-refractivity contribution < 1.29 is 0 Å². The number of rotatable bonds is 1. The van der Waals surface area contributed by atoms with Gasteiger partial charge < -0.3 is 4.40 Å². The molecule has 2 rings (SSSR count). The lowest BCUT2D eigenvalue weighted by molar-refractivity contribution is 1.12. The Balaban J connectivity index is 2.88. The number of aryl methyl sites for hydroxylation is 1. The Kier molecular flexibility index (Phi) is 2.22. The molecule has 0 aliphatic heterocycles. The van der Waals surface area contributed by atoms with E-state index in [-0.39, 0.29) is 0 Å². The van der Waals surface area contributed by atoms with Crippen molar-refractivity contribution in [2.45, 2.75) is 11.8 Å². The summed E-state index contributed by atoms with van der Waals surface area (Å²) in [5.74, 6) is 0. The Morgan fingerprint density at radius 3 is 2.93 bits per heavy atom. The fourth-order valence-electron chi connectivity index (χ4n) is 1.58. The minimum Gasteiger partial charge on any atom is -0.307 e. The highest BCUT2D eigenvalue weighted by atomic mass is 32.2. The van der Waals surface area contributed by atoms with E-state index in [0.717, 1.165) is 16.1 Å². The molecule has 2 aromatic heterocycles. The highest BCUT2D eigenvalue weighted by Gasteiger charge is 2.09. The molecule has 14 heavy (non-hydrogen) atoms. The number of nitriles is 1. The SMILES string of the molecule is CSc1cc2c(C)cccn2c1C#N. The van der Waals surface area contributed by atoms with E-state index < -0.39 is 0 Å². The number of hydrogen-bond acceptors (Lipinski definition) is 2. The number of fused-ring (bicyclic) bond motifs is 1. The van der Waals surface area contributed by atoms with Crippen LogP contribution in [0.5, 0.6) is 0 Å².